The Morgan fingerprint density at radius 2 is 1.77 bits per heavy atom. The Bertz CT molecular complexity index is 730. The van der Waals surface area contributed by atoms with E-state index in [1.54, 1.807) is 32.0 Å². The first-order chi connectivity index (χ1) is 10.4. The van der Waals surface area contributed by atoms with Crippen LogP contribution < -0.4 is 4.74 Å². The molecule has 0 bridgehead atoms. The lowest BCUT2D eigenvalue weighted by Crippen LogP contribution is -2.04. The van der Waals surface area contributed by atoms with Gasteiger partial charge in [-0.25, -0.2) is 0 Å². The van der Waals surface area contributed by atoms with Gasteiger partial charge >= 0.3 is 0 Å². The molecule has 0 aliphatic carbocycles. The Morgan fingerprint density at radius 1 is 1.05 bits per heavy atom. The second kappa shape index (κ2) is 6.21. The van der Waals surface area contributed by atoms with Crippen molar-refractivity contribution in [1.82, 2.24) is 0 Å². The highest BCUT2D eigenvalue weighted by Crippen LogP contribution is 2.28. The van der Waals surface area contributed by atoms with Crippen LogP contribution in [-0.4, -0.2) is 9.85 Å². The van der Waals surface area contributed by atoms with Crippen molar-refractivity contribution in [2.24, 2.45) is 0 Å². The molecule has 2 aromatic carbocycles. The van der Waals surface area contributed by atoms with Crippen LogP contribution in [0.15, 0.2) is 42.5 Å². The van der Waals surface area contributed by atoms with Gasteiger partial charge < -0.3 is 4.74 Å². The fraction of sp³-hybridized carbons (Fsp3) is 0.200. The van der Waals surface area contributed by atoms with Crippen molar-refractivity contribution in [2.45, 2.75) is 20.0 Å². The van der Waals surface area contributed by atoms with Crippen LogP contribution in [0.25, 0.3) is 0 Å². The Kier molecular flexibility index (Phi) is 4.36. The van der Waals surface area contributed by atoms with Gasteiger partial charge in [-0.1, -0.05) is 12.1 Å². The third-order valence-corrected chi connectivity index (χ3v) is 3.23. The van der Waals surface area contributed by atoms with E-state index >= 15 is 0 Å². The molecule has 0 N–H and O–H groups in total. The number of nitrogens with zero attached hydrogens (tertiary/aromatic N) is 2. The molecular weight excluding hydrogens is 288 g/mol. The molecule has 0 spiro atoms. The minimum Gasteiger partial charge on any atom is -0.486 e. The largest absolute Gasteiger partial charge is 0.486 e. The van der Waals surface area contributed by atoms with E-state index in [9.17, 15) is 20.2 Å². The van der Waals surface area contributed by atoms with Crippen LogP contribution in [0.5, 0.6) is 5.75 Å². The molecule has 1 unspecified atom stereocenters. The second-order valence-corrected chi connectivity index (χ2v) is 4.82. The Labute approximate surface area is 126 Å². The van der Waals surface area contributed by atoms with Crippen LogP contribution in [0.3, 0.4) is 0 Å². The monoisotopic (exact) mass is 302 g/mol. The minimum absolute atomic E-state index is 0.00664. The predicted molar refractivity (Wildman–Crippen MR) is 80.0 cm³/mol. The van der Waals surface area contributed by atoms with Crippen LogP contribution in [0.1, 0.15) is 24.2 Å². The van der Waals surface area contributed by atoms with E-state index in [2.05, 4.69) is 0 Å². The summed E-state index contributed by atoms with van der Waals surface area (Å²) in [5.74, 6) is 0.474. The first-order valence-electron chi connectivity index (χ1n) is 6.54. The molecule has 114 valence electrons. The van der Waals surface area contributed by atoms with E-state index in [0.717, 1.165) is 0 Å². The van der Waals surface area contributed by atoms with Gasteiger partial charge in [0, 0.05) is 23.8 Å². The number of nitro groups is 2. The summed E-state index contributed by atoms with van der Waals surface area (Å²) in [6.07, 6.45) is -0.416. The fourth-order valence-corrected chi connectivity index (χ4v) is 2.07. The van der Waals surface area contributed by atoms with Crippen molar-refractivity contribution in [1.29, 1.82) is 0 Å². The Balaban J connectivity index is 2.20. The van der Waals surface area contributed by atoms with Crippen molar-refractivity contribution in [3.8, 4) is 5.75 Å². The van der Waals surface area contributed by atoms with Gasteiger partial charge in [0.05, 0.1) is 9.85 Å². The summed E-state index contributed by atoms with van der Waals surface area (Å²) in [6.45, 7) is 3.39. The molecule has 7 nitrogen and oxygen atoms in total. The average molecular weight is 302 g/mol. The molecule has 0 saturated carbocycles. The normalized spacial score (nSPS) is 11.7. The zero-order valence-electron chi connectivity index (χ0n) is 12.1. The summed E-state index contributed by atoms with van der Waals surface area (Å²) >= 11 is 0. The highest BCUT2D eigenvalue weighted by atomic mass is 16.6. The Morgan fingerprint density at radius 3 is 2.36 bits per heavy atom. The third kappa shape index (κ3) is 3.38. The number of non-ortho nitro benzene ring substituents is 1. The average Bonchev–Trinajstić information content (AvgIpc) is 2.47. The van der Waals surface area contributed by atoms with Crippen molar-refractivity contribution < 1.29 is 14.6 Å². The number of ether oxygens (including phenoxy) is 1. The van der Waals surface area contributed by atoms with E-state index in [-0.39, 0.29) is 11.4 Å². The predicted octanol–water partition coefficient (Wildman–Crippen LogP) is 3.95. The molecule has 2 aromatic rings. The SMILES string of the molecule is Cc1cc(OC(C)c2cccc([N+](=O)[O-])c2)ccc1[N+](=O)[O-]. The number of hydrogen-bond acceptors (Lipinski definition) is 5. The summed E-state index contributed by atoms with van der Waals surface area (Å²) in [7, 11) is 0. The van der Waals surface area contributed by atoms with E-state index < -0.39 is 16.0 Å². The van der Waals surface area contributed by atoms with Gasteiger partial charge in [0.15, 0.2) is 0 Å². The number of nitro benzene ring substituents is 2. The summed E-state index contributed by atoms with van der Waals surface area (Å²) in [5, 5.41) is 21.6. The van der Waals surface area contributed by atoms with Gasteiger partial charge in [-0.15, -0.1) is 0 Å². The zero-order valence-corrected chi connectivity index (χ0v) is 12.1. The molecule has 22 heavy (non-hydrogen) atoms. The molecule has 0 amide bonds. The smallest absolute Gasteiger partial charge is 0.272 e. The molecule has 0 aromatic heterocycles. The van der Waals surface area contributed by atoms with Crippen LogP contribution in [0, 0.1) is 27.2 Å². The lowest BCUT2D eigenvalue weighted by molar-refractivity contribution is -0.385. The molecule has 0 saturated heterocycles. The van der Waals surface area contributed by atoms with Crippen molar-refractivity contribution in [2.75, 3.05) is 0 Å². The van der Waals surface area contributed by atoms with Crippen molar-refractivity contribution in [3.05, 3.63) is 73.8 Å². The summed E-state index contributed by atoms with van der Waals surface area (Å²) < 4.78 is 5.71. The van der Waals surface area contributed by atoms with Crippen LogP contribution in [0.2, 0.25) is 0 Å². The van der Waals surface area contributed by atoms with Crippen LogP contribution in [-0.2, 0) is 0 Å². The van der Waals surface area contributed by atoms with Gasteiger partial charge in [0.25, 0.3) is 11.4 Å². The van der Waals surface area contributed by atoms with Gasteiger partial charge in [-0.05, 0) is 31.5 Å². The molecule has 1 atom stereocenters. The van der Waals surface area contributed by atoms with Gasteiger partial charge in [-0.3, -0.25) is 20.2 Å². The number of benzene rings is 2. The molecule has 0 aliphatic rings. The van der Waals surface area contributed by atoms with E-state index in [1.165, 1.54) is 24.3 Å². The van der Waals surface area contributed by atoms with E-state index in [0.29, 0.717) is 16.9 Å². The van der Waals surface area contributed by atoms with Gasteiger partial charge in [0.1, 0.15) is 11.9 Å². The maximum absolute atomic E-state index is 10.8. The topological polar surface area (TPSA) is 95.5 Å². The van der Waals surface area contributed by atoms with Crippen molar-refractivity contribution in [3.63, 3.8) is 0 Å². The van der Waals surface area contributed by atoms with Crippen molar-refractivity contribution >= 4 is 11.4 Å². The number of aryl methyl sites for hydroxylation is 1. The summed E-state index contributed by atoms with van der Waals surface area (Å²) in [4.78, 5) is 20.6. The lowest BCUT2D eigenvalue weighted by Gasteiger charge is -2.15. The molecular formula is C15H14N2O5. The van der Waals surface area contributed by atoms with E-state index in [1.807, 2.05) is 0 Å². The standard InChI is InChI=1S/C15H14N2O5/c1-10-8-14(6-7-15(10)17(20)21)22-11(2)12-4-3-5-13(9-12)16(18)19/h3-9,11H,1-2H3. The first kappa shape index (κ1) is 15.4. The fourth-order valence-electron chi connectivity index (χ4n) is 2.07. The lowest BCUT2D eigenvalue weighted by atomic mass is 10.1. The molecule has 2 rings (SSSR count). The maximum Gasteiger partial charge on any atom is 0.272 e. The quantitative estimate of drug-likeness (QED) is 0.615. The molecule has 0 radical (unpaired) electrons. The van der Waals surface area contributed by atoms with Gasteiger partial charge in [0.2, 0.25) is 0 Å². The zero-order chi connectivity index (χ0) is 16.3. The summed E-state index contributed by atoms with van der Waals surface area (Å²) in [5.41, 5.74) is 1.17. The molecule has 0 fully saturated rings. The molecule has 7 heteroatoms. The van der Waals surface area contributed by atoms with Crippen LogP contribution >= 0.6 is 0 Å². The first-order valence-corrected chi connectivity index (χ1v) is 6.54. The minimum atomic E-state index is -0.466. The number of rotatable bonds is 5. The highest BCUT2D eigenvalue weighted by Gasteiger charge is 2.15. The second-order valence-electron chi connectivity index (χ2n) is 4.82. The molecule has 0 aliphatic heterocycles. The molecule has 0 heterocycles. The summed E-state index contributed by atoms with van der Waals surface area (Å²) in [6, 6.07) is 10.6. The maximum atomic E-state index is 10.8. The van der Waals surface area contributed by atoms with E-state index in [4.69, 9.17) is 4.74 Å². The Hall–Kier alpha value is -2.96. The van der Waals surface area contributed by atoms with Gasteiger partial charge in [-0.2, -0.15) is 0 Å². The van der Waals surface area contributed by atoms with Crippen LogP contribution in [0.4, 0.5) is 11.4 Å². The number of hydrogen-bond donors (Lipinski definition) is 0. The third-order valence-electron chi connectivity index (χ3n) is 3.23. The highest BCUT2D eigenvalue weighted by molar-refractivity contribution is 5.44.